The number of nitrogens with one attached hydrogen (secondary N) is 2. The molecule has 0 aliphatic carbocycles. The van der Waals surface area contributed by atoms with Crippen LogP contribution < -0.4 is 10.6 Å². The molecule has 0 spiro atoms. The van der Waals surface area contributed by atoms with E-state index in [2.05, 4.69) is 10.6 Å². The molecule has 2 aliphatic heterocycles. The maximum atomic E-state index is 12.9. The number of carbonyl (C=O) groups is 2. The van der Waals surface area contributed by atoms with E-state index in [9.17, 15) is 9.59 Å². The second-order valence-corrected chi connectivity index (χ2v) is 7.58. The quantitative estimate of drug-likeness (QED) is 0.816. The predicted octanol–water partition coefficient (Wildman–Crippen LogP) is 2.25. The first kappa shape index (κ1) is 19.6. The van der Waals surface area contributed by atoms with Gasteiger partial charge in [-0.25, -0.2) is 0 Å². The van der Waals surface area contributed by atoms with Crippen LogP contribution in [-0.2, 0) is 15.9 Å². The van der Waals surface area contributed by atoms with Crippen LogP contribution in [0.2, 0.25) is 0 Å². The fraction of sp³-hybridized carbons (Fsp3) is 0.391. The fourth-order valence-electron chi connectivity index (χ4n) is 4.18. The molecule has 6 nitrogen and oxygen atoms in total. The van der Waals surface area contributed by atoms with Gasteiger partial charge in [-0.05, 0) is 36.6 Å². The molecule has 2 amide bonds. The van der Waals surface area contributed by atoms with Gasteiger partial charge in [0.25, 0.3) is 11.8 Å². The Morgan fingerprint density at radius 1 is 0.897 bits per heavy atom. The average Bonchev–Trinajstić information content (AvgIpc) is 3.31. The summed E-state index contributed by atoms with van der Waals surface area (Å²) in [6, 6.07) is 14.5. The van der Waals surface area contributed by atoms with Gasteiger partial charge in [0.15, 0.2) is 0 Å². The van der Waals surface area contributed by atoms with E-state index in [0.717, 1.165) is 23.1 Å². The third-order valence-corrected chi connectivity index (χ3v) is 5.69. The SMILES string of the molecule is CCc1cccc(C)c1C(=O)N[C@H]1CO[C@H]2[C@@H]1OC[C@@H]2NC(=O)c1ccccc1. The van der Waals surface area contributed by atoms with E-state index < -0.39 is 0 Å². The Labute approximate surface area is 170 Å². The maximum absolute atomic E-state index is 12.9. The zero-order valence-electron chi connectivity index (χ0n) is 16.7. The maximum Gasteiger partial charge on any atom is 0.252 e. The van der Waals surface area contributed by atoms with Crippen LogP contribution in [0.3, 0.4) is 0 Å². The molecule has 6 heteroatoms. The number of fused-ring (bicyclic) bond motifs is 1. The standard InChI is InChI=1S/C23H26N2O4/c1-3-15-11-7-8-14(2)19(15)23(27)25-18-13-29-20-17(12-28-21(18)20)24-22(26)16-9-5-4-6-10-16/h4-11,17-18,20-21H,3,12-13H2,1-2H3,(H,24,26)(H,25,27)/t17-,18-,20+,21+/m0/s1. The number of amides is 2. The van der Waals surface area contributed by atoms with Crippen molar-refractivity contribution in [2.24, 2.45) is 0 Å². The Bertz CT molecular complexity index is 899. The molecule has 2 aromatic rings. The lowest BCUT2D eigenvalue weighted by Crippen LogP contribution is -2.47. The van der Waals surface area contributed by atoms with Crippen molar-refractivity contribution in [2.75, 3.05) is 13.2 Å². The summed E-state index contributed by atoms with van der Waals surface area (Å²) < 4.78 is 11.8. The van der Waals surface area contributed by atoms with Crippen molar-refractivity contribution in [1.29, 1.82) is 0 Å². The first-order valence-corrected chi connectivity index (χ1v) is 10.1. The highest BCUT2D eigenvalue weighted by Crippen LogP contribution is 2.28. The molecule has 152 valence electrons. The van der Waals surface area contributed by atoms with Gasteiger partial charge in [0.2, 0.25) is 0 Å². The van der Waals surface area contributed by atoms with Crippen LogP contribution in [-0.4, -0.2) is 49.3 Å². The van der Waals surface area contributed by atoms with E-state index in [1.807, 2.05) is 50.2 Å². The fourth-order valence-corrected chi connectivity index (χ4v) is 4.18. The molecule has 2 aliphatic rings. The van der Waals surface area contributed by atoms with Gasteiger partial charge in [-0.15, -0.1) is 0 Å². The summed E-state index contributed by atoms with van der Waals surface area (Å²) in [6.07, 6.45) is 0.256. The van der Waals surface area contributed by atoms with E-state index >= 15 is 0 Å². The molecule has 29 heavy (non-hydrogen) atoms. The van der Waals surface area contributed by atoms with Gasteiger partial charge in [0.05, 0.1) is 25.3 Å². The minimum atomic E-state index is -0.269. The van der Waals surface area contributed by atoms with Gasteiger partial charge < -0.3 is 20.1 Å². The second-order valence-electron chi connectivity index (χ2n) is 7.58. The molecular weight excluding hydrogens is 368 g/mol. The summed E-state index contributed by atoms with van der Waals surface area (Å²) in [5.74, 6) is -0.252. The number of carbonyl (C=O) groups excluding carboxylic acids is 2. The Balaban J connectivity index is 1.41. The van der Waals surface area contributed by atoms with Gasteiger partial charge in [-0.2, -0.15) is 0 Å². The summed E-state index contributed by atoms with van der Waals surface area (Å²) >= 11 is 0. The minimum absolute atomic E-state index is 0.102. The number of rotatable bonds is 5. The molecule has 2 heterocycles. The number of aryl methyl sites for hydroxylation is 2. The average molecular weight is 394 g/mol. The van der Waals surface area contributed by atoms with Gasteiger partial charge in [0.1, 0.15) is 12.2 Å². The highest BCUT2D eigenvalue weighted by atomic mass is 16.6. The van der Waals surface area contributed by atoms with E-state index in [1.54, 1.807) is 12.1 Å². The van der Waals surface area contributed by atoms with Crippen molar-refractivity contribution >= 4 is 11.8 Å². The second kappa shape index (κ2) is 8.35. The lowest BCUT2D eigenvalue weighted by Gasteiger charge is -2.19. The Hall–Kier alpha value is -2.70. The van der Waals surface area contributed by atoms with Gasteiger partial charge in [-0.1, -0.05) is 43.3 Å². The number of ether oxygens (including phenoxy) is 2. The smallest absolute Gasteiger partial charge is 0.252 e. The predicted molar refractivity (Wildman–Crippen MR) is 109 cm³/mol. The molecular formula is C23H26N2O4. The molecule has 4 rings (SSSR count). The van der Waals surface area contributed by atoms with Crippen LogP contribution in [0.5, 0.6) is 0 Å². The van der Waals surface area contributed by atoms with Gasteiger partial charge >= 0.3 is 0 Å². The highest BCUT2D eigenvalue weighted by Gasteiger charge is 2.48. The molecule has 0 saturated carbocycles. The molecule has 2 aromatic carbocycles. The Morgan fingerprint density at radius 2 is 1.52 bits per heavy atom. The lowest BCUT2D eigenvalue weighted by atomic mass is 9.98. The van der Waals surface area contributed by atoms with E-state index in [0.29, 0.717) is 18.8 Å². The van der Waals surface area contributed by atoms with Crippen LogP contribution >= 0.6 is 0 Å². The van der Waals surface area contributed by atoms with Crippen LogP contribution in [0.25, 0.3) is 0 Å². The minimum Gasteiger partial charge on any atom is -0.371 e. The summed E-state index contributed by atoms with van der Waals surface area (Å²) in [6.45, 7) is 4.72. The Morgan fingerprint density at radius 3 is 2.14 bits per heavy atom. The van der Waals surface area contributed by atoms with Crippen molar-refractivity contribution in [2.45, 2.75) is 44.6 Å². The van der Waals surface area contributed by atoms with Crippen LogP contribution in [0.15, 0.2) is 48.5 Å². The molecule has 0 unspecified atom stereocenters. The van der Waals surface area contributed by atoms with Crippen molar-refractivity contribution in [3.8, 4) is 0 Å². The lowest BCUT2D eigenvalue weighted by molar-refractivity contribution is 0.0628. The monoisotopic (exact) mass is 394 g/mol. The molecule has 0 bridgehead atoms. The molecule has 2 saturated heterocycles. The number of hydrogen-bond donors (Lipinski definition) is 2. The summed E-state index contributed by atoms with van der Waals surface area (Å²) in [5.41, 5.74) is 3.31. The Kier molecular flexibility index (Phi) is 5.65. The molecule has 0 aromatic heterocycles. The first-order chi connectivity index (χ1) is 14.1. The largest absolute Gasteiger partial charge is 0.371 e. The van der Waals surface area contributed by atoms with Gasteiger partial charge in [-0.3, -0.25) is 9.59 Å². The van der Waals surface area contributed by atoms with Crippen molar-refractivity contribution in [3.05, 3.63) is 70.8 Å². The van der Waals surface area contributed by atoms with Crippen LogP contribution in [0, 0.1) is 6.92 Å². The van der Waals surface area contributed by atoms with Crippen molar-refractivity contribution in [3.63, 3.8) is 0 Å². The third kappa shape index (κ3) is 3.91. The normalized spacial score (nSPS) is 25.4. The number of hydrogen-bond acceptors (Lipinski definition) is 4. The summed E-state index contributed by atoms with van der Waals surface area (Å²) in [5, 5.41) is 6.08. The van der Waals surface area contributed by atoms with Crippen molar-refractivity contribution in [1.82, 2.24) is 10.6 Å². The zero-order valence-corrected chi connectivity index (χ0v) is 16.7. The first-order valence-electron chi connectivity index (χ1n) is 10.1. The van der Waals surface area contributed by atoms with Crippen molar-refractivity contribution < 1.29 is 19.1 Å². The topological polar surface area (TPSA) is 76.7 Å². The zero-order chi connectivity index (χ0) is 20.4. The molecule has 2 fully saturated rings. The van der Waals surface area contributed by atoms with E-state index in [1.165, 1.54) is 0 Å². The molecule has 2 N–H and O–H groups in total. The van der Waals surface area contributed by atoms with E-state index in [4.69, 9.17) is 9.47 Å². The van der Waals surface area contributed by atoms with Gasteiger partial charge in [0, 0.05) is 11.1 Å². The number of benzene rings is 2. The molecule has 0 radical (unpaired) electrons. The van der Waals surface area contributed by atoms with E-state index in [-0.39, 0.29) is 36.1 Å². The summed E-state index contributed by atoms with van der Waals surface area (Å²) in [7, 11) is 0. The summed E-state index contributed by atoms with van der Waals surface area (Å²) in [4.78, 5) is 25.4. The molecule has 4 atom stereocenters. The van der Waals surface area contributed by atoms with Crippen LogP contribution in [0.1, 0.15) is 38.8 Å². The third-order valence-electron chi connectivity index (χ3n) is 5.69. The van der Waals surface area contributed by atoms with Crippen LogP contribution in [0.4, 0.5) is 0 Å². The highest BCUT2D eigenvalue weighted by molar-refractivity contribution is 5.97.